The molecule has 0 heterocycles. The maximum absolute atomic E-state index is 12.0. The summed E-state index contributed by atoms with van der Waals surface area (Å²) in [7, 11) is 0. The first-order valence-corrected chi connectivity index (χ1v) is 5.89. The topological polar surface area (TPSA) is 134 Å². The zero-order valence-corrected chi connectivity index (χ0v) is 10.4. The molecule has 6 N–H and O–H groups in total. The molecule has 0 unspecified atom stereocenters. The highest BCUT2D eigenvalue weighted by Gasteiger charge is 2.35. The largest absolute Gasteiger partial charge is 0.509 e. The number of rotatable bonds is 2. The van der Waals surface area contributed by atoms with Crippen molar-refractivity contribution >= 4 is 17.3 Å². The van der Waals surface area contributed by atoms with Gasteiger partial charge in [-0.05, 0) is 12.1 Å². The molecule has 1 aromatic carbocycles. The van der Waals surface area contributed by atoms with E-state index in [9.17, 15) is 25.2 Å². The van der Waals surface area contributed by atoms with Crippen molar-refractivity contribution in [3.05, 3.63) is 35.6 Å². The molecule has 2 atom stereocenters. The number of aliphatic hydroxyl groups excluding tert-OH is 3. The van der Waals surface area contributed by atoms with Crippen LogP contribution >= 0.6 is 0 Å². The van der Waals surface area contributed by atoms with Crippen LogP contribution in [0.5, 0.6) is 5.75 Å². The fourth-order valence-electron chi connectivity index (χ4n) is 1.91. The molecule has 0 aromatic heterocycles. The Hall–Kier alpha value is -2.38. The lowest BCUT2D eigenvalue weighted by molar-refractivity contribution is -0.112. The fraction of sp³-hybridized carbons (Fsp3) is 0.231. The van der Waals surface area contributed by atoms with E-state index in [1.165, 1.54) is 12.1 Å². The van der Waals surface area contributed by atoms with Gasteiger partial charge in [-0.2, -0.15) is 0 Å². The Morgan fingerprint density at radius 1 is 1.20 bits per heavy atom. The number of aromatic hydroxyl groups is 1. The monoisotopic (exact) mass is 278 g/mol. The molecule has 0 bridgehead atoms. The lowest BCUT2D eigenvalue weighted by Gasteiger charge is -2.25. The molecule has 106 valence electrons. The molecule has 1 amide bonds. The van der Waals surface area contributed by atoms with Crippen molar-refractivity contribution in [2.75, 3.05) is 5.32 Å². The highest BCUT2D eigenvalue weighted by Crippen LogP contribution is 2.26. The van der Waals surface area contributed by atoms with Crippen LogP contribution in [0.15, 0.2) is 35.6 Å². The zero-order chi connectivity index (χ0) is 14.9. The molecule has 0 spiro atoms. The minimum absolute atomic E-state index is 0.0974. The lowest BCUT2D eigenvalue weighted by Crippen LogP contribution is -2.39. The molecule has 0 saturated carbocycles. The maximum Gasteiger partial charge on any atom is 0.261 e. The van der Waals surface area contributed by atoms with Crippen LogP contribution in [-0.2, 0) is 4.79 Å². The number of benzene rings is 1. The van der Waals surface area contributed by atoms with Gasteiger partial charge in [0, 0.05) is 6.42 Å². The van der Waals surface area contributed by atoms with E-state index in [2.05, 4.69) is 5.32 Å². The van der Waals surface area contributed by atoms with Crippen LogP contribution in [0.2, 0.25) is 0 Å². The molecular weight excluding hydrogens is 264 g/mol. The first-order valence-electron chi connectivity index (χ1n) is 5.89. The Kier molecular flexibility index (Phi) is 3.73. The van der Waals surface area contributed by atoms with Crippen molar-refractivity contribution in [2.24, 2.45) is 0 Å². The smallest absolute Gasteiger partial charge is 0.261 e. The van der Waals surface area contributed by atoms with Gasteiger partial charge in [-0.25, -0.2) is 0 Å². The summed E-state index contributed by atoms with van der Waals surface area (Å²) in [4.78, 5) is 12.0. The number of carbonyl (C=O) groups excluding carboxylic acids is 1. The number of hydrogen-bond donors (Lipinski definition) is 6. The van der Waals surface area contributed by atoms with Crippen molar-refractivity contribution in [1.29, 1.82) is 5.41 Å². The van der Waals surface area contributed by atoms with Gasteiger partial charge in [-0.15, -0.1) is 0 Å². The predicted molar refractivity (Wildman–Crippen MR) is 70.7 cm³/mol. The van der Waals surface area contributed by atoms with E-state index in [4.69, 9.17) is 5.41 Å². The Bertz CT molecular complexity index is 596. The highest BCUT2D eigenvalue weighted by atomic mass is 16.3. The van der Waals surface area contributed by atoms with Crippen molar-refractivity contribution in [3.8, 4) is 5.75 Å². The van der Waals surface area contributed by atoms with E-state index in [-0.39, 0.29) is 17.9 Å². The minimum atomic E-state index is -1.40. The number of carbonyl (C=O) groups is 1. The first kappa shape index (κ1) is 14.0. The predicted octanol–water partition coefficient (Wildman–Crippen LogP) is 0.288. The van der Waals surface area contributed by atoms with E-state index < -0.39 is 35.2 Å². The number of anilines is 1. The first-order chi connectivity index (χ1) is 9.41. The second-order valence-corrected chi connectivity index (χ2v) is 4.41. The van der Waals surface area contributed by atoms with Gasteiger partial charge < -0.3 is 31.2 Å². The van der Waals surface area contributed by atoms with Crippen LogP contribution in [-0.4, -0.2) is 44.3 Å². The maximum atomic E-state index is 12.0. The Balaban J connectivity index is 2.30. The number of para-hydroxylation sites is 2. The van der Waals surface area contributed by atoms with Crippen LogP contribution in [0.4, 0.5) is 5.69 Å². The van der Waals surface area contributed by atoms with Gasteiger partial charge in [0.2, 0.25) is 0 Å². The van der Waals surface area contributed by atoms with E-state index in [0.29, 0.717) is 0 Å². The number of amides is 1. The molecule has 1 aliphatic rings. The van der Waals surface area contributed by atoms with Crippen LogP contribution in [0.3, 0.4) is 0 Å². The molecule has 0 radical (unpaired) electrons. The van der Waals surface area contributed by atoms with E-state index >= 15 is 0 Å². The molecule has 0 saturated heterocycles. The van der Waals surface area contributed by atoms with Crippen LogP contribution < -0.4 is 5.32 Å². The van der Waals surface area contributed by atoms with Gasteiger partial charge in [0.05, 0.1) is 17.5 Å². The van der Waals surface area contributed by atoms with Gasteiger partial charge in [-0.3, -0.25) is 4.79 Å². The zero-order valence-electron chi connectivity index (χ0n) is 10.4. The van der Waals surface area contributed by atoms with Crippen molar-refractivity contribution < 1.29 is 25.2 Å². The van der Waals surface area contributed by atoms with Crippen molar-refractivity contribution in [3.63, 3.8) is 0 Å². The van der Waals surface area contributed by atoms with Gasteiger partial charge >= 0.3 is 0 Å². The van der Waals surface area contributed by atoms with Crippen LogP contribution in [0, 0.1) is 5.41 Å². The summed E-state index contributed by atoms with van der Waals surface area (Å²) in [6, 6.07) is 5.95. The summed E-state index contributed by atoms with van der Waals surface area (Å²) in [5.74, 6) is -1.72. The van der Waals surface area contributed by atoms with Gasteiger partial charge in [0.25, 0.3) is 5.91 Å². The SMILES string of the molecule is N=C1C(C(=O)Nc2ccccc2O)=C(O)[C@@H](O)C[C@@H]1O. The van der Waals surface area contributed by atoms with Crippen molar-refractivity contribution in [2.45, 2.75) is 18.6 Å². The second-order valence-electron chi connectivity index (χ2n) is 4.41. The van der Waals surface area contributed by atoms with Crippen molar-refractivity contribution in [1.82, 2.24) is 0 Å². The third-order valence-corrected chi connectivity index (χ3v) is 3.00. The summed E-state index contributed by atoms with van der Waals surface area (Å²) in [5, 5.41) is 48.2. The molecule has 20 heavy (non-hydrogen) atoms. The fourth-order valence-corrected chi connectivity index (χ4v) is 1.91. The normalized spacial score (nSPS) is 22.8. The summed E-state index contributed by atoms with van der Waals surface area (Å²) >= 11 is 0. The Labute approximate surface area is 114 Å². The number of phenols is 1. The van der Waals surface area contributed by atoms with E-state index in [0.717, 1.165) is 0 Å². The molecule has 0 aliphatic heterocycles. The summed E-state index contributed by atoms with van der Waals surface area (Å²) in [5.41, 5.74) is -0.861. The van der Waals surface area contributed by atoms with Gasteiger partial charge in [-0.1, -0.05) is 12.1 Å². The number of hydrogen-bond acceptors (Lipinski definition) is 6. The number of phenolic OH excluding ortho intramolecular Hbond substituents is 1. The number of nitrogens with one attached hydrogen (secondary N) is 2. The van der Waals surface area contributed by atoms with Gasteiger partial charge in [0.15, 0.2) is 0 Å². The number of aliphatic hydroxyl groups is 3. The molecule has 1 aromatic rings. The molecular formula is C13H14N2O5. The van der Waals surface area contributed by atoms with E-state index in [1.54, 1.807) is 12.1 Å². The van der Waals surface area contributed by atoms with Crippen LogP contribution in [0.25, 0.3) is 0 Å². The summed E-state index contributed by atoms with van der Waals surface area (Å²) < 4.78 is 0. The molecule has 2 rings (SSSR count). The Morgan fingerprint density at radius 2 is 1.85 bits per heavy atom. The second kappa shape index (κ2) is 5.32. The molecule has 0 fully saturated rings. The third kappa shape index (κ3) is 2.49. The molecule has 1 aliphatic carbocycles. The van der Waals surface area contributed by atoms with E-state index in [1.807, 2.05) is 0 Å². The minimum Gasteiger partial charge on any atom is -0.509 e. The standard InChI is InChI=1S/C13H14N2O5/c14-11-8(17)5-9(18)12(19)10(11)13(20)15-6-3-1-2-4-7(6)16/h1-4,8-9,14,16-19H,5H2,(H,15,20)/t8-,9-/m0/s1. The lowest BCUT2D eigenvalue weighted by atomic mass is 9.90. The highest BCUT2D eigenvalue weighted by molar-refractivity contribution is 6.26. The summed E-state index contributed by atoms with van der Waals surface area (Å²) in [6.07, 6.45) is -2.96. The average molecular weight is 278 g/mol. The molecule has 7 heteroatoms. The Morgan fingerprint density at radius 3 is 2.50 bits per heavy atom. The molecule has 7 nitrogen and oxygen atoms in total. The van der Waals surface area contributed by atoms with Gasteiger partial charge in [0.1, 0.15) is 23.2 Å². The average Bonchev–Trinajstić information content (AvgIpc) is 2.39. The summed E-state index contributed by atoms with van der Waals surface area (Å²) in [6.45, 7) is 0. The quantitative estimate of drug-likeness (QED) is 0.432. The van der Waals surface area contributed by atoms with Crippen LogP contribution in [0.1, 0.15) is 6.42 Å². The third-order valence-electron chi connectivity index (χ3n) is 3.00.